The molecule has 0 spiro atoms. The first-order valence-electron chi connectivity index (χ1n) is 13.2. The van der Waals surface area contributed by atoms with Crippen molar-refractivity contribution in [3.63, 3.8) is 0 Å². The second kappa shape index (κ2) is 12.0. The molecule has 2 atom stereocenters. The maximum Gasteiger partial charge on any atom is 0.239 e. The van der Waals surface area contributed by atoms with Gasteiger partial charge in [-0.2, -0.15) is 0 Å². The molecule has 0 amide bonds. The monoisotopic (exact) mass is 563 g/mol. The molecule has 0 aliphatic carbocycles. The van der Waals surface area contributed by atoms with Gasteiger partial charge in [0.1, 0.15) is 5.82 Å². The smallest absolute Gasteiger partial charge is 0.239 e. The first-order chi connectivity index (χ1) is 17.9. The summed E-state index contributed by atoms with van der Waals surface area (Å²) in [5.41, 5.74) is 2.34. The minimum atomic E-state index is -3.60. The molecule has 1 saturated heterocycles. The van der Waals surface area contributed by atoms with Crippen LogP contribution < -0.4 is 4.31 Å². The highest BCUT2D eigenvalue weighted by atomic mass is 32.2. The van der Waals surface area contributed by atoms with Crippen molar-refractivity contribution in [3.8, 4) is 11.3 Å². The van der Waals surface area contributed by atoms with Crippen molar-refractivity contribution in [3.05, 3.63) is 47.4 Å². The summed E-state index contributed by atoms with van der Waals surface area (Å²) in [6.45, 7) is 14.4. The van der Waals surface area contributed by atoms with E-state index in [4.69, 9.17) is 14.2 Å². The molecular weight excluding hydrogens is 521 g/mol. The fraction of sp³-hybridized carbons (Fsp3) is 0.586. The van der Waals surface area contributed by atoms with Crippen molar-refractivity contribution < 1.29 is 27.0 Å². The molecule has 39 heavy (non-hydrogen) atoms. The van der Waals surface area contributed by atoms with Crippen molar-refractivity contribution in [1.29, 1.82) is 0 Å². The lowest BCUT2D eigenvalue weighted by atomic mass is 9.97. The maximum atomic E-state index is 13.8. The van der Waals surface area contributed by atoms with Gasteiger partial charge in [-0.15, -0.1) is 0 Å². The van der Waals surface area contributed by atoms with Gasteiger partial charge in [0.05, 0.1) is 35.5 Å². The van der Waals surface area contributed by atoms with Crippen LogP contribution in [0, 0.1) is 5.82 Å². The molecule has 1 aliphatic heterocycles. The van der Waals surface area contributed by atoms with Gasteiger partial charge in [-0.1, -0.05) is 26.0 Å². The summed E-state index contributed by atoms with van der Waals surface area (Å²) in [6, 6.07) is 5.97. The fourth-order valence-electron chi connectivity index (χ4n) is 4.34. The van der Waals surface area contributed by atoms with E-state index in [1.54, 1.807) is 12.1 Å². The number of anilines is 1. The number of nitrogens with zero attached hydrogens (tertiary/aromatic N) is 3. The van der Waals surface area contributed by atoms with Crippen molar-refractivity contribution in [2.45, 2.75) is 90.8 Å². The molecular formula is C29H42FN3O5S. The van der Waals surface area contributed by atoms with E-state index in [1.807, 2.05) is 60.6 Å². The quantitative estimate of drug-likeness (QED) is 0.373. The minimum Gasteiger partial charge on any atom is -0.376 e. The number of hydrogen-bond donors (Lipinski definition) is 0. The highest BCUT2D eigenvalue weighted by molar-refractivity contribution is 7.92. The number of hydrogen-bond acceptors (Lipinski definition) is 7. The Labute approximate surface area is 232 Å². The second-order valence-electron chi connectivity index (χ2n) is 11.7. The van der Waals surface area contributed by atoms with Crippen LogP contribution in [0.15, 0.2) is 30.3 Å². The highest BCUT2D eigenvalue weighted by Crippen LogP contribution is 2.34. The molecule has 3 rings (SSSR count). The van der Waals surface area contributed by atoms with E-state index in [1.165, 1.54) is 19.2 Å². The van der Waals surface area contributed by atoms with Crippen LogP contribution in [0.5, 0.6) is 0 Å². The summed E-state index contributed by atoms with van der Waals surface area (Å²) in [4.78, 5) is 9.27. The Bertz CT molecular complexity index is 1270. The summed E-state index contributed by atoms with van der Waals surface area (Å²) in [5, 5.41) is 0. The van der Waals surface area contributed by atoms with Gasteiger partial charge < -0.3 is 14.2 Å². The summed E-state index contributed by atoms with van der Waals surface area (Å²) >= 11 is 0. The van der Waals surface area contributed by atoms with Crippen LogP contribution in [-0.2, 0) is 24.2 Å². The molecule has 216 valence electrons. The lowest BCUT2D eigenvalue weighted by Gasteiger charge is -2.40. The molecule has 2 unspecified atom stereocenters. The van der Waals surface area contributed by atoms with Crippen molar-refractivity contribution in [2.75, 3.05) is 24.2 Å². The average Bonchev–Trinajstić information content (AvgIpc) is 2.80. The van der Waals surface area contributed by atoms with E-state index in [0.29, 0.717) is 30.0 Å². The van der Waals surface area contributed by atoms with Crippen LogP contribution in [0.1, 0.15) is 78.5 Å². The summed E-state index contributed by atoms with van der Waals surface area (Å²) in [6.07, 6.45) is 6.09. The third-order valence-corrected chi connectivity index (χ3v) is 7.40. The molecule has 2 aromatic rings. The Hall–Kier alpha value is -2.40. The van der Waals surface area contributed by atoms with Gasteiger partial charge in [0.15, 0.2) is 5.79 Å². The Kier molecular flexibility index (Phi) is 9.58. The van der Waals surface area contributed by atoms with E-state index in [0.717, 1.165) is 22.5 Å². The zero-order chi connectivity index (χ0) is 29.2. The molecule has 0 bridgehead atoms. The average molecular weight is 564 g/mol. The van der Waals surface area contributed by atoms with E-state index in [9.17, 15) is 12.8 Å². The van der Waals surface area contributed by atoms with Gasteiger partial charge in [-0.05, 0) is 71.2 Å². The number of aromatic nitrogens is 2. The second-order valence-corrected chi connectivity index (χ2v) is 13.7. The number of halogens is 1. The third-order valence-electron chi connectivity index (χ3n) is 6.24. The van der Waals surface area contributed by atoms with Crippen LogP contribution in [0.4, 0.5) is 10.3 Å². The van der Waals surface area contributed by atoms with Crippen LogP contribution in [0.2, 0.25) is 0 Å². The summed E-state index contributed by atoms with van der Waals surface area (Å²) in [7, 11) is -2.18. The van der Waals surface area contributed by atoms with Gasteiger partial charge in [-0.3, -0.25) is 0 Å². The lowest BCUT2D eigenvalue weighted by Crippen LogP contribution is -2.44. The molecule has 2 heterocycles. The van der Waals surface area contributed by atoms with Gasteiger partial charge in [0, 0.05) is 31.2 Å². The maximum absolute atomic E-state index is 13.8. The van der Waals surface area contributed by atoms with Crippen LogP contribution >= 0.6 is 0 Å². The topological polar surface area (TPSA) is 90.9 Å². The Morgan fingerprint density at radius 1 is 1.18 bits per heavy atom. The van der Waals surface area contributed by atoms with Crippen LogP contribution in [0.25, 0.3) is 17.3 Å². The first-order valence-corrected chi connectivity index (χ1v) is 15.1. The van der Waals surface area contributed by atoms with Crippen LogP contribution in [0.3, 0.4) is 0 Å². The molecule has 1 aromatic heterocycles. The largest absolute Gasteiger partial charge is 0.376 e. The van der Waals surface area contributed by atoms with E-state index in [-0.39, 0.29) is 35.5 Å². The lowest BCUT2D eigenvalue weighted by molar-refractivity contribution is -0.292. The van der Waals surface area contributed by atoms with Gasteiger partial charge >= 0.3 is 0 Å². The zero-order valence-electron chi connectivity index (χ0n) is 24.5. The third kappa shape index (κ3) is 8.79. The number of sulfonamides is 1. The Morgan fingerprint density at radius 3 is 2.38 bits per heavy atom. The minimum absolute atomic E-state index is 0.0473. The predicted molar refractivity (Wildman–Crippen MR) is 153 cm³/mol. The molecule has 0 saturated carbocycles. The molecule has 1 aliphatic rings. The Balaban J connectivity index is 2.02. The number of rotatable bonds is 9. The number of ether oxygens (including phenoxy) is 3. The highest BCUT2D eigenvalue weighted by Gasteiger charge is 2.34. The predicted octanol–water partition coefficient (Wildman–Crippen LogP) is 5.93. The fourth-order valence-corrected chi connectivity index (χ4v) is 4.72. The molecule has 1 fully saturated rings. The normalized spacial score (nSPS) is 20.1. The Morgan fingerprint density at radius 2 is 1.82 bits per heavy atom. The molecule has 0 radical (unpaired) electrons. The van der Waals surface area contributed by atoms with Gasteiger partial charge in [0.25, 0.3) is 0 Å². The zero-order valence-corrected chi connectivity index (χ0v) is 25.3. The van der Waals surface area contributed by atoms with Crippen molar-refractivity contribution in [2.24, 2.45) is 0 Å². The molecule has 10 heteroatoms. The van der Waals surface area contributed by atoms with E-state index in [2.05, 4.69) is 9.97 Å². The molecule has 8 nitrogen and oxygen atoms in total. The van der Waals surface area contributed by atoms with Crippen molar-refractivity contribution in [1.82, 2.24) is 9.97 Å². The first kappa shape index (κ1) is 31.1. The van der Waals surface area contributed by atoms with Gasteiger partial charge in [-0.25, -0.2) is 27.1 Å². The summed E-state index contributed by atoms with van der Waals surface area (Å²) in [5.74, 6) is -1.14. The summed E-state index contributed by atoms with van der Waals surface area (Å²) < 4.78 is 57.7. The SMILES string of the molecule is CC(C)c1nc(N(C)S(C)(=O)=O)nc(-c2ccc(F)cc2)c1C=CC1CC(CCOC(C)(C)C)OC(C)(C)O1. The number of benzene rings is 1. The van der Waals surface area contributed by atoms with E-state index >= 15 is 0 Å². The molecule has 1 aromatic carbocycles. The molecule has 0 N–H and O–H groups in total. The van der Waals surface area contributed by atoms with E-state index < -0.39 is 15.8 Å². The van der Waals surface area contributed by atoms with Crippen LogP contribution in [-0.4, -0.2) is 61.9 Å². The standard InChI is InChI=1S/C29H42FN3O5S/c1-19(2)25-24(15-14-22-18-23(38-29(6,7)37-22)16-17-36-28(3,4)5)26(20-10-12-21(30)13-11-20)32-27(31-25)33(8)39(9,34)35/h10-15,19,22-23H,16-18H2,1-9H3. The van der Waals surface area contributed by atoms with Crippen molar-refractivity contribution >= 4 is 22.0 Å². The van der Waals surface area contributed by atoms with Gasteiger partial charge in [0.2, 0.25) is 16.0 Å².